The van der Waals surface area contributed by atoms with Gasteiger partial charge in [0, 0.05) is 0 Å². The number of hydrogen-bond acceptors (Lipinski definition) is 6. The molecule has 0 bridgehead atoms. The van der Waals surface area contributed by atoms with Gasteiger partial charge in [0.1, 0.15) is 18.7 Å². The second-order valence-electron chi connectivity index (χ2n) is 4.07. The highest BCUT2D eigenvalue weighted by Crippen LogP contribution is 2.06. The van der Waals surface area contributed by atoms with Crippen molar-refractivity contribution in [3.63, 3.8) is 0 Å². The lowest BCUT2D eigenvalue weighted by Gasteiger charge is -2.21. The fourth-order valence-electron chi connectivity index (χ4n) is 0.826. The van der Waals surface area contributed by atoms with Gasteiger partial charge in [0.05, 0.1) is 7.11 Å². The standard InChI is InChI=1S/C9H18N2O4/c1-9(2,3)15-8(13)6-11(10)5-7(12)14-4/h5-6,10H2,1-4H3. The Morgan fingerprint density at radius 1 is 1.20 bits per heavy atom. The molecule has 6 nitrogen and oxygen atoms in total. The van der Waals surface area contributed by atoms with Crippen LogP contribution in [-0.2, 0) is 19.1 Å². The third-order valence-corrected chi connectivity index (χ3v) is 1.31. The maximum atomic E-state index is 11.2. The van der Waals surface area contributed by atoms with E-state index in [0.29, 0.717) is 0 Å². The van der Waals surface area contributed by atoms with Gasteiger partial charge in [-0.15, -0.1) is 0 Å². The summed E-state index contributed by atoms with van der Waals surface area (Å²) in [5.74, 6) is 4.42. The van der Waals surface area contributed by atoms with Gasteiger partial charge in [0.2, 0.25) is 0 Å². The van der Waals surface area contributed by atoms with Crippen molar-refractivity contribution in [2.75, 3.05) is 20.2 Å². The minimum atomic E-state index is -0.552. The van der Waals surface area contributed by atoms with E-state index in [1.54, 1.807) is 20.8 Å². The molecule has 2 N–H and O–H groups in total. The molecule has 0 aromatic heterocycles. The number of ether oxygens (including phenoxy) is 2. The third kappa shape index (κ3) is 7.90. The molecule has 0 radical (unpaired) electrons. The predicted molar refractivity (Wildman–Crippen MR) is 53.6 cm³/mol. The summed E-state index contributed by atoms with van der Waals surface area (Å²) in [4.78, 5) is 22.0. The van der Waals surface area contributed by atoms with Crippen molar-refractivity contribution in [2.24, 2.45) is 5.84 Å². The van der Waals surface area contributed by atoms with Crippen molar-refractivity contribution in [1.82, 2.24) is 5.01 Å². The van der Waals surface area contributed by atoms with Crippen LogP contribution in [0.15, 0.2) is 0 Å². The van der Waals surface area contributed by atoms with Crippen molar-refractivity contribution in [1.29, 1.82) is 0 Å². The van der Waals surface area contributed by atoms with Crippen molar-refractivity contribution < 1.29 is 19.1 Å². The molecule has 0 saturated heterocycles. The second kappa shape index (κ2) is 5.67. The van der Waals surface area contributed by atoms with Gasteiger partial charge in [0.25, 0.3) is 0 Å². The number of esters is 2. The van der Waals surface area contributed by atoms with Crippen LogP contribution in [0.1, 0.15) is 20.8 Å². The molecule has 0 atom stereocenters. The van der Waals surface area contributed by atoms with Gasteiger partial charge in [-0.05, 0) is 20.8 Å². The van der Waals surface area contributed by atoms with Crippen LogP contribution in [-0.4, -0.2) is 42.7 Å². The van der Waals surface area contributed by atoms with Gasteiger partial charge < -0.3 is 9.47 Å². The Morgan fingerprint density at radius 3 is 2.07 bits per heavy atom. The first-order chi connectivity index (χ1) is 6.74. The minimum Gasteiger partial charge on any atom is -0.468 e. The smallest absolute Gasteiger partial charge is 0.322 e. The number of methoxy groups -OCH3 is 1. The molecule has 0 aromatic carbocycles. The summed E-state index contributed by atoms with van der Waals surface area (Å²) in [6.07, 6.45) is 0. The van der Waals surface area contributed by atoms with Crippen LogP contribution in [0, 0.1) is 0 Å². The molecule has 0 unspecified atom stereocenters. The van der Waals surface area contributed by atoms with Gasteiger partial charge in [-0.3, -0.25) is 15.4 Å². The molecule has 0 rings (SSSR count). The number of carbonyl (C=O) groups is 2. The SMILES string of the molecule is COC(=O)CN(N)CC(=O)OC(C)(C)C. The largest absolute Gasteiger partial charge is 0.468 e. The first kappa shape index (κ1) is 13.9. The molecule has 88 valence electrons. The zero-order valence-electron chi connectivity index (χ0n) is 9.57. The van der Waals surface area contributed by atoms with Crippen LogP contribution in [0.5, 0.6) is 0 Å². The summed E-state index contributed by atoms with van der Waals surface area (Å²) >= 11 is 0. The molecule has 0 spiro atoms. The maximum Gasteiger partial charge on any atom is 0.322 e. The van der Waals surface area contributed by atoms with E-state index in [2.05, 4.69) is 4.74 Å². The minimum absolute atomic E-state index is 0.143. The second-order valence-corrected chi connectivity index (χ2v) is 4.07. The Hall–Kier alpha value is -1.14. The molecule has 0 heterocycles. The van der Waals surface area contributed by atoms with Gasteiger partial charge in [-0.1, -0.05) is 0 Å². The lowest BCUT2D eigenvalue weighted by molar-refractivity contribution is -0.156. The zero-order chi connectivity index (χ0) is 12.1. The van der Waals surface area contributed by atoms with Gasteiger partial charge in [-0.2, -0.15) is 0 Å². The van der Waals surface area contributed by atoms with Gasteiger partial charge in [-0.25, -0.2) is 5.01 Å². The van der Waals surface area contributed by atoms with E-state index in [1.165, 1.54) is 7.11 Å². The molecule has 0 aromatic rings. The number of nitrogens with two attached hydrogens (primary N) is 1. The number of carbonyl (C=O) groups excluding carboxylic acids is 2. The Balaban J connectivity index is 3.92. The van der Waals surface area contributed by atoms with E-state index in [-0.39, 0.29) is 13.1 Å². The fraction of sp³-hybridized carbons (Fsp3) is 0.778. The van der Waals surface area contributed by atoms with E-state index in [4.69, 9.17) is 10.6 Å². The number of hydrazine groups is 1. The molecular weight excluding hydrogens is 200 g/mol. The quantitative estimate of drug-likeness (QED) is 0.395. The molecule has 0 aliphatic rings. The average Bonchev–Trinajstić information content (AvgIpc) is 1.99. The van der Waals surface area contributed by atoms with Crippen molar-refractivity contribution in [3.05, 3.63) is 0 Å². The van der Waals surface area contributed by atoms with Crippen LogP contribution < -0.4 is 5.84 Å². The molecule has 0 saturated carbocycles. The van der Waals surface area contributed by atoms with Crippen molar-refractivity contribution >= 4 is 11.9 Å². The molecule has 0 fully saturated rings. The molecule has 0 amide bonds. The van der Waals surface area contributed by atoms with E-state index in [0.717, 1.165) is 5.01 Å². The van der Waals surface area contributed by atoms with Crippen molar-refractivity contribution in [3.8, 4) is 0 Å². The normalized spacial score (nSPS) is 11.3. The van der Waals surface area contributed by atoms with Crippen LogP contribution in [0.25, 0.3) is 0 Å². The summed E-state index contributed by atoms with van der Waals surface area (Å²) in [6, 6.07) is 0. The summed E-state index contributed by atoms with van der Waals surface area (Å²) in [5.41, 5.74) is -0.552. The number of rotatable bonds is 4. The monoisotopic (exact) mass is 218 g/mol. The molecule has 0 aliphatic heterocycles. The topological polar surface area (TPSA) is 81.9 Å². The number of hydrogen-bond donors (Lipinski definition) is 1. The summed E-state index contributed by atoms with van der Waals surface area (Å²) < 4.78 is 9.40. The van der Waals surface area contributed by atoms with E-state index < -0.39 is 17.5 Å². The van der Waals surface area contributed by atoms with E-state index in [9.17, 15) is 9.59 Å². The summed E-state index contributed by atoms with van der Waals surface area (Å²) in [7, 11) is 1.25. The highest BCUT2D eigenvalue weighted by atomic mass is 16.6. The Kier molecular flexibility index (Phi) is 5.24. The molecule has 0 aliphatic carbocycles. The zero-order valence-corrected chi connectivity index (χ0v) is 9.57. The Morgan fingerprint density at radius 2 is 1.67 bits per heavy atom. The lowest BCUT2D eigenvalue weighted by atomic mass is 10.2. The molecular formula is C9H18N2O4. The van der Waals surface area contributed by atoms with Crippen LogP contribution >= 0.6 is 0 Å². The molecule has 15 heavy (non-hydrogen) atoms. The van der Waals surface area contributed by atoms with Crippen molar-refractivity contribution in [2.45, 2.75) is 26.4 Å². The lowest BCUT2D eigenvalue weighted by Crippen LogP contribution is -2.42. The van der Waals surface area contributed by atoms with E-state index in [1.807, 2.05) is 0 Å². The van der Waals surface area contributed by atoms with Gasteiger partial charge in [0.15, 0.2) is 0 Å². The highest BCUT2D eigenvalue weighted by molar-refractivity contribution is 5.74. The summed E-state index contributed by atoms with van der Waals surface area (Å²) in [6.45, 7) is 4.98. The first-order valence-electron chi connectivity index (χ1n) is 4.53. The molecule has 6 heteroatoms. The highest BCUT2D eigenvalue weighted by Gasteiger charge is 2.18. The predicted octanol–water partition coefficient (Wildman–Crippen LogP) is -0.323. The third-order valence-electron chi connectivity index (χ3n) is 1.31. The fourth-order valence-corrected chi connectivity index (χ4v) is 0.826. The Labute approximate surface area is 89.3 Å². The van der Waals surface area contributed by atoms with Crippen LogP contribution in [0.3, 0.4) is 0 Å². The first-order valence-corrected chi connectivity index (χ1v) is 4.53. The number of nitrogens with zero attached hydrogens (tertiary/aromatic N) is 1. The van der Waals surface area contributed by atoms with E-state index >= 15 is 0 Å². The maximum absolute atomic E-state index is 11.2. The summed E-state index contributed by atoms with van der Waals surface area (Å²) in [5, 5.41) is 1.04. The van der Waals surface area contributed by atoms with Crippen LogP contribution in [0.4, 0.5) is 0 Å². The average molecular weight is 218 g/mol. The van der Waals surface area contributed by atoms with Crippen LogP contribution in [0.2, 0.25) is 0 Å². The Bertz CT molecular complexity index is 235. The van der Waals surface area contributed by atoms with Gasteiger partial charge >= 0.3 is 11.9 Å².